The molecule has 62 heavy (non-hydrogen) atoms. The second-order valence-electron chi connectivity index (χ2n) is 20.6. The smallest absolute Gasteiger partial charge is 0.550 e. The van der Waals surface area contributed by atoms with Crippen molar-refractivity contribution in [3.8, 4) is 0 Å². The molecule has 2 spiro atoms. The van der Waals surface area contributed by atoms with Crippen LogP contribution in [0.4, 0.5) is 0 Å². The molecule has 6 fully saturated rings. The number of rotatable bonds is 13. The van der Waals surface area contributed by atoms with Crippen LogP contribution in [-0.4, -0.2) is 119 Å². The number of Topliss-reactive ketones (excluding diaryl/α,β-unsaturated/α-hetero) is 1. The van der Waals surface area contributed by atoms with Crippen LogP contribution in [0.5, 0.6) is 0 Å². The number of aliphatic hydroxyl groups is 3. The molecule has 21 atom stereocenters. The summed E-state index contributed by atoms with van der Waals surface area (Å²) in [5, 5.41) is 44.4. The number of ether oxygens (including phenoxy) is 8. The quantitative estimate of drug-likeness (QED) is 0.179. The van der Waals surface area contributed by atoms with Crippen LogP contribution in [0, 0.1) is 47.3 Å². The van der Waals surface area contributed by atoms with Gasteiger partial charge in [-0.25, -0.2) is 0 Å². The van der Waals surface area contributed by atoms with E-state index in [1.807, 2.05) is 40.7 Å². The van der Waals surface area contributed by atoms with Crippen molar-refractivity contribution in [2.75, 3.05) is 13.7 Å². The first-order chi connectivity index (χ1) is 28.5. The van der Waals surface area contributed by atoms with Crippen LogP contribution < -0.4 is 34.7 Å². The third-order valence-electron chi connectivity index (χ3n) is 15.8. The first-order valence-electron chi connectivity index (χ1n) is 23.2. The van der Waals surface area contributed by atoms with Crippen molar-refractivity contribution in [2.24, 2.45) is 47.3 Å². The van der Waals surface area contributed by atoms with Gasteiger partial charge < -0.3 is 63.1 Å². The van der Waals surface area contributed by atoms with Crippen molar-refractivity contribution >= 4 is 11.8 Å². The van der Waals surface area contributed by atoms with Crippen molar-refractivity contribution in [2.45, 2.75) is 212 Å². The number of methoxy groups -OCH3 is 1. The maximum atomic E-state index is 13.3. The molecule has 3 N–H and O–H groups in total. The van der Waals surface area contributed by atoms with Gasteiger partial charge in [0.25, 0.3) is 0 Å². The molecule has 0 saturated carbocycles. The van der Waals surface area contributed by atoms with Gasteiger partial charge >= 0.3 is 29.6 Å². The van der Waals surface area contributed by atoms with Gasteiger partial charge in [-0.2, -0.15) is 0 Å². The summed E-state index contributed by atoms with van der Waals surface area (Å²) in [6, 6.07) is 0. The minimum atomic E-state index is -1.67. The number of hydrogen-bond acceptors (Lipinski definition) is 14. The van der Waals surface area contributed by atoms with Gasteiger partial charge in [-0.05, 0) is 70.3 Å². The van der Waals surface area contributed by atoms with Crippen molar-refractivity contribution in [3.05, 3.63) is 11.6 Å². The molecular weight excluding hydrogens is 811 g/mol. The van der Waals surface area contributed by atoms with Gasteiger partial charge in [0.05, 0.1) is 61.0 Å². The fourth-order valence-corrected chi connectivity index (χ4v) is 11.8. The van der Waals surface area contributed by atoms with Crippen LogP contribution in [0.25, 0.3) is 0 Å². The Morgan fingerprint density at radius 3 is 2.24 bits per heavy atom. The SMILES string of the molecule is CO[C@H]1CC[C@@H](O[C@H]2C[C@H]([C@]3(C)CC[C@]4(C[C@H](O)[C@@H](C)[C@@H]([C@@H](C)/C=C(\C)C(=O)[C@H](C)C[C@H](C)C(=O)[O-])O4)O3)O[C@]3(O[C@@H]([C@H]4O[C@@](O)(CO)[C@H](C)C[C@@H]4C)C[C@@H]3C)[C@@H]2C)O[C@@H]1C.[Na+]. The Labute approximate surface area is 392 Å². The third-order valence-corrected chi connectivity index (χ3v) is 15.8. The largest absolute Gasteiger partial charge is 1.00 e. The van der Waals surface area contributed by atoms with Gasteiger partial charge in [-0.3, -0.25) is 4.79 Å². The number of aliphatic hydroxyl groups excluding tert-OH is 2. The van der Waals surface area contributed by atoms with E-state index in [9.17, 15) is 30.0 Å². The Bertz CT molecular complexity index is 1580. The molecule has 6 heterocycles. The number of hydrogen-bond donors (Lipinski definition) is 3. The molecular formula is C47H77NaO14. The van der Waals surface area contributed by atoms with E-state index in [-0.39, 0.29) is 102 Å². The summed E-state index contributed by atoms with van der Waals surface area (Å²) < 4.78 is 53.9. The molecule has 0 aromatic rings. The first kappa shape index (κ1) is 52.4. The Kier molecular flexibility index (Phi) is 17.2. The molecule has 15 heteroatoms. The van der Waals surface area contributed by atoms with E-state index in [0.29, 0.717) is 44.1 Å². The molecule has 6 saturated heterocycles. The Hall–Kier alpha value is -0.560. The molecule has 6 aliphatic heterocycles. The maximum absolute atomic E-state index is 13.3. The average molecular weight is 889 g/mol. The van der Waals surface area contributed by atoms with Crippen LogP contribution in [-0.2, 0) is 47.5 Å². The number of allylic oxidation sites excluding steroid dienone is 1. The normalized spacial score (nSPS) is 47.8. The topological polar surface area (TPSA) is 192 Å². The maximum Gasteiger partial charge on any atom is 1.00 e. The molecule has 350 valence electrons. The minimum Gasteiger partial charge on any atom is -0.550 e. The van der Waals surface area contributed by atoms with E-state index in [1.54, 1.807) is 27.9 Å². The zero-order chi connectivity index (χ0) is 45.0. The summed E-state index contributed by atoms with van der Waals surface area (Å²) in [6.45, 7) is 20.7. The van der Waals surface area contributed by atoms with E-state index >= 15 is 0 Å². The number of carbonyl (C=O) groups is 2. The fourth-order valence-electron chi connectivity index (χ4n) is 11.8. The van der Waals surface area contributed by atoms with E-state index in [4.69, 9.17) is 37.9 Å². The second kappa shape index (κ2) is 20.3. The van der Waals surface area contributed by atoms with Crippen molar-refractivity contribution in [1.82, 2.24) is 0 Å². The van der Waals surface area contributed by atoms with Crippen LogP contribution in [0.2, 0.25) is 0 Å². The van der Waals surface area contributed by atoms with E-state index in [2.05, 4.69) is 20.8 Å². The summed E-state index contributed by atoms with van der Waals surface area (Å²) in [7, 11) is 1.70. The minimum absolute atomic E-state index is 0. The molecule has 0 unspecified atom stereocenters. The van der Waals surface area contributed by atoms with Gasteiger partial charge in [0, 0.05) is 74.3 Å². The first-order valence-corrected chi connectivity index (χ1v) is 23.2. The number of carbonyl (C=O) groups excluding carboxylic acids is 2. The van der Waals surface area contributed by atoms with Gasteiger partial charge in [-0.15, -0.1) is 0 Å². The van der Waals surface area contributed by atoms with E-state index in [0.717, 1.165) is 6.42 Å². The van der Waals surface area contributed by atoms with E-state index in [1.165, 1.54) is 0 Å². The van der Waals surface area contributed by atoms with Crippen LogP contribution in [0.15, 0.2) is 11.6 Å². The second-order valence-corrected chi connectivity index (χ2v) is 20.6. The molecule has 0 aromatic carbocycles. The van der Waals surface area contributed by atoms with Crippen molar-refractivity contribution < 1.29 is 97.5 Å². The van der Waals surface area contributed by atoms with Crippen LogP contribution in [0.3, 0.4) is 0 Å². The third kappa shape index (κ3) is 10.4. The number of aliphatic carboxylic acids is 1. The van der Waals surface area contributed by atoms with Gasteiger partial charge in [-0.1, -0.05) is 61.5 Å². The van der Waals surface area contributed by atoms with E-state index < -0.39 is 84.2 Å². The number of carboxylic acid groups (broad SMARTS) is 1. The Morgan fingerprint density at radius 1 is 0.919 bits per heavy atom. The van der Waals surface area contributed by atoms with Gasteiger partial charge in [0.2, 0.25) is 0 Å². The zero-order valence-electron chi connectivity index (χ0n) is 39.8. The molecule has 0 amide bonds. The summed E-state index contributed by atoms with van der Waals surface area (Å²) in [4.78, 5) is 24.7. The molecule has 0 radical (unpaired) electrons. The van der Waals surface area contributed by atoms with Crippen LogP contribution in [0.1, 0.15) is 134 Å². The summed E-state index contributed by atoms with van der Waals surface area (Å²) in [5.74, 6) is -7.48. The molecule has 14 nitrogen and oxygen atoms in total. The van der Waals surface area contributed by atoms with Gasteiger partial charge in [0.1, 0.15) is 0 Å². The molecule has 0 bridgehead atoms. The molecule has 6 rings (SSSR count). The van der Waals surface area contributed by atoms with Crippen molar-refractivity contribution in [3.63, 3.8) is 0 Å². The van der Waals surface area contributed by atoms with Crippen molar-refractivity contribution in [1.29, 1.82) is 0 Å². The predicted molar refractivity (Wildman–Crippen MR) is 221 cm³/mol. The summed E-state index contributed by atoms with van der Waals surface area (Å²) >= 11 is 0. The fraction of sp³-hybridized carbons (Fsp3) is 0.915. The number of ketones is 1. The molecule has 0 aromatic heterocycles. The van der Waals surface area contributed by atoms with Gasteiger partial charge in [0.15, 0.2) is 29.4 Å². The Balaban J connectivity index is 0.00000726. The van der Waals surface area contributed by atoms with Crippen LogP contribution >= 0.6 is 0 Å². The predicted octanol–water partition coefficient (Wildman–Crippen LogP) is 1.82. The monoisotopic (exact) mass is 889 g/mol. The molecule has 6 aliphatic rings. The Morgan fingerprint density at radius 2 is 1.61 bits per heavy atom. The molecule has 0 aliphatic carbocycles. The summed E-state index contributed by atoms with van der Waals surface area (Å²) in [5.41, 5.74) is -0.352. The summed E-state index contributed by atoms with van der Waals surface area (Å²) in [6.07, 6.45) is 3.10. The standard InChI is InChI=1S/C47H78O14.Na/c1-24(40(50)25(2)18-28(5)43(51)52)17-26(3)41-31(8)34(49)22-45(59-41)16-15-44(11,61-45)38-21-36(56-39-14-13-35(54-12)33(10)55-39)32(9)47(58-38)30(7)20-37(57-47)42-27(4)19-29(6)46(53,23-48)60-42;/h17,25-39,41-42,48-49,53H,13-16,18-23H2,1-12H3,(H,51,52);/q;+1/p-1/b24-17+;/t25-,26+,27+,28+,29-,30+,31-,32-,33-,34+,35+,36+,37-,38-,39-,41-,42+,44+,45-,46+,47+;/m1./s1. The number of carboxylic acids is 1. The zero-order valence-corrected chi connectivity index (χ0v) is 41.8. The average Bonchev–Trinajstić information content (AvgIpc) is 3.71.